The number of hydrogen-bond acceptors (Lipinski definition) is 6. The lowest BCUT2D eigenvalue weighted by atomic mass is 10.0. The van der Waals surface area contributed by atoms with E-state index >= 15 is 0 Å². The van der Waals surface area contributed by atoms with Crippen LogP contribution in [-0.2, 0) is 18.4 Å². The molecule has 0 rings (SSSR count). The van der Waals surface area contributed by atoms with Gasteiger partial charge in [-0.1, -0.05) is 369 Å². The molecule has 3 atom stereocenters. The number of phosphoric acid groups is 1. The number of quaternary nitrogens is 1. The van der Waals surface area contributed by atoms with Crippen LogP contribution >= 0.6 is 7.82 Å². The van der Waals surface area contributed by atoms with E-state index in [4.69, 9.17) is 9.05 Å². The number of likely N-dealkylation sites (N-methyl/N-ethyl adjacent to an activating group) is 1. The molecule has 0 heterocycles. The van der Waals surface area contributed by atoms with Crippen molar-refractivity contribution in [1.82, 2.24) is 5.32 Å². The molecule has 0 saturated heterocycles. The predicted molar refractivity (Wildman–Crippen MR) is 380 cm³/mol. The summed E-state index contributed by atoms with van der Waals surface area (Å²) in [6, 6.07) is -0.888. The van der Waals surface area contributed by atoms with Gasteiger partial charge in [0.15, 0.2) is 0 Å². The average molecular weight is 1240 g/mol. The summed E-state index contributed by atoms with van der Waals surface area (Å²) in [6.45, 7) is 4.59. The lowest BCUT2D eigenvalue weighted by Gasteiger charge is -2.29. The summed E-state index contributed by atoms with van der Waals surface area (Å²) in [5.41, 5.74) is 0. The van der Waals surface area contributed by atoms with Gasteiger partial charge in [0.2, 0.25) is 5.91 Å². The van der Waals surface area contributed by atoms with Gasteiger partial charge in [0, 0.05) is 6.42 Å². The Morgan fingerprint density at radius 2 is 0.701 bits per heavy atom. The lowest BCUT2D eigenvalue weighted by Crippen LogP contribution is -2.45. The Bertz CT molecular complexity index is 1650. The van der Waals surface area contributed by atoms with Crippen molar-refractivity contribution >= 4 is 13.7 Å². The third-order valence-electron chi connectivity index (χ3n) is 17.2. The van der Waals surface area contributed by atoms with Crippen molar-refractivity contribution in [2.75, 3.05) is 40.9 Å². The first-order chi connectivity index (χ1) is 42.5. The fourth-order valence-corrected chi connectivity index (χ4v) is 12.1. The number of nitrogens with zero attached hydrogens (tertiary/aromatic N) is 1. The second kappa shape index (κ2) is 68.3. The predicted octanol–water partition coefficient (Wildman–Crippen LogP) is 23.9. The number of phosphoric ester groups is 1. The Hall–Kier alpha value is -2.06. The minimum atomic E-state index is -4.60. The van der Waals surface area contributed by atoms with Crippen LogP contribution in [0.15, 0.2) is 72.9 Å². The van der Waals surface area contributed by atoms with Gasteiger partial charge in [0.05, 0.1) is 39.9 Å². The van der Waals surface area contributed by atoms with Crippen LogP contribution in [0.25, 0.3) is 0 Å². The Kier molecular flexibility index (Phi) is 66.7. The molecule has 0 aromatic heterocycles. The molecule has 0 spiro atoms. The van der Waals surface area contributed by atoms with Crippen molar-refractivity contribution in [3.8, 4) is 0 Å². The summed E-state index contributed by atoms with van der Waals surface area (Å²) in [6.07, 6.45) is 96.2. The summed E-state index contributed by atoms with van der Waals surface area (Å²) in [7, 11) is 1.28. The van der Waals surface area contributed by atoms with E-state index in [1.165, 1.54) is 276 Å². The SMILES string of the molecule is CC/C=C\C/C=C\C/C=C\C/C=C\C/C=C\CCCCCCCCCCCCCCCCCCCCCCCCCCCC(=O)NC(COP(=O)([O-])OCC[N+](C)(C)C)C(O)/C=C/CCCCCCCCCCCCCCCCCCCCCCCC. The first-order valence-corrected chi connectivity index (χ1v) is 39.3. The molecule has 0 aliphatic carbocycles. The highest BCUT2D eigenvalue weighted by Gasteiger charge is 2.23. The zero-order chi connectivity index (χ0) is 63.4. The second-order valence-corrected chi connectivity index (χ2v) is 28.4. The van der Waals surface area contributed by atoms with Gasteiger partial charge in [-0.3, -0.25) is 9.36 Å². The number of aliphatic hydroxyl groups excluding tert-OH is 1. The molecule has 0 aromatic carbocycles. The van der Waals surface area contributed by atoms with Crippen LogP contribution in [0.1, 0.15) is 367 Å². The van der Waals surface area contributed by atoms with Crippen LogP contribution in [0.2, 0.25) is 0 Å². The van der Waals surface area contributed by atoms with E-state index in [2.05, 4.69) is 79.9 Å². The summed E-state index contributed by atoms with van der Waals surface area (Å²) < 4.78 is 23.5. The minimum absolute atomic E-state index is 0.000224. The number of rotatable bonds is 70. The second-order valence-electron chi connectivity index (χ2n) is 27.0. The van der Waals surface area contributed by atoms with Crippen molar-refractivity contribution in [2.24, 2.45) is 0 Å². The van der Waals surface area contributed by atoms with E-state index in [0.717, 1.165) is 70.6 Å². The number of amides is 1. The lowest BCUT2D eigenvalue weighted by molar-refractivity contribution is -0.870. The van der Waals surface area contributed by atoms with Crippen LogP contribution in [-0.4, -0.2) is 68.5 Å². The van der Waals surface area contributed by atoms with Gasteiger partial charge in [-0.15, -0.1) is 0 Å². The molecule has 0 bridgehead atoms. The molecule has 0 aliphatic rings. The zero-order valence-corrected chi connectivity index (χ0v) is 59.4. The van der Waals surface area contributed by atoms with Crippen molar-refractivity contribution in [3.05, 3.63) is 72.9 Å². The maximum Gasteiger partial charge on any atom is 0.268 e. The Balaban J connectivity index is 3.93. The highest BCUT2D eigenvalue weighted by Crippen LogP contribution is 2.38. The van der Waals surface area contributed by atoms with E-state index in [-0.39, 0.29) is 19.1 Å². The normalized spacial score (nSPS) is 14.0. The van der Waals surface area contributed by atoms with E-state index in [1.807, 2.05) is 27.2 Å². The van der Waals surface area contributed by atoms with Gasteiger partial charge in [-0.05, 0) is 64.2 Å². The molecular weight excluding hydrogens is 1090 g/mol. The number of allylic oxidation sites excluding steroid dienone is 11. The van der Waals surface area contributed by atoms with Crippen molar-refractivity contribution in [1.29, 1.82) is 0 Å². The van der Waals surface area contributed by atoms with Crippen molar-refractivity contribution in [3.63, 3.8) is 0 Å². The van der Waals surface area contributed by atoms with Crippen molar-refractivity contribution in [2.45, 2.75) is 379 Å². The maximum atomic E-state index is 13.1. The number of unbranched alkanes of at least 4 members (excludes halogenated alkanes) is 47. The third-order valence-corrected chi connectivity index (χ3v) is 18.1. The molecule has 2 N–H and O–H groups in total. The number of aliphatic hydroxyl groups is 1. The third kappa shape index (κ3) is 71.2. The fraction of sp³-hybridized carbons (Fsp3) is 0.833. The standard InChI is InChI=1S/C78H147N2O6P/c1-6-8-10-12-14-16-18-20-22-24-26-28-30-32-33-34-35-36-37-38-39-40-41-42-43-44-45-46-47-48-50-52-54-56-58-60-62-64-66-68-70-72-78(82)79-76(75-86-87(83,84)85-74-73-80(3,4)5)77(81)71-69-67-65-63-61-59-57-55-53-51-49-31-29-27-25-23-21-19-17-15-13-11-9-7-2/h8,10,14,16,20,22,26,28,32-33,69,71,76-77,81H,6-7,9,11-13,15,17-19,21,23-25,27,29-31,34-68,70,72-75H2,1-5H3,(H-,79,82,83,84)/b10-8-,16-14-,22-20-,28-26-,33-32-,71-69+. The minimum Gasteiger partial charge on any atom is -0.756 e. The maximum absolute atomic E-state index is 13.1. The van der Waals surface area contributed by atoms with Crippen LogP contribution < -0.4 is 10.2 Å². The van der Waals surface area contributed by atoms with Crippen molar-refractivity contribution < 1.29 is 32.9 Å². The molecule has 0 fully saturated rings. The van der Waals surface area contributed by atoms with Gasteiger partial charge >= 0.3 is 0 Å². The van der Waals surface area contributed by atoms with E-state index in [1.54, 1.807) is 6.08 Å². The molecule has 0 saturated carbocycles. The van der Waals surface area contributed by atoms with Gasteiger partial charge in [-0.25, -0.2) is 0 Å². The Morgan fingerprint density at radius 3 is 1.02 bits per heavy atom. The zero-order valence-electron chi connectivity index (χ0n) is 58.5. The topological polar surface area (TPSA) is 108 Å². The molecule has 3 unspecified atom stereocenters. The average Bonchev–Trinajstić information content (AvgIpc) is 3.71. The quantitative estimate of drug-likeness (QED) is 0.0272. The van der Waals surface area contributed by atoms with Gasteiger partial charge < -0.3 is 28.8 Å². The highest BCUT2D eigenvalue weighted by molar-refractivity contribution is 7.45. The van der Waals surface area contributed by atoms with Gasteiger partial charge in [-0.2, -0.15) is 0 Å². The van der Waals surface area contributed by atoms with Gasteiger partial charge in [0.1, 0.15) is 13.2 Å². The monoisotopic (exact) mass is 1240 g/mol. The molecule has 510 valence electrons. The van der Waals surface area contributed by atoms with Crippen LogP contribution in [0, 0.1) is 0 Å². The van der Waals surface area contributed by atoms with Gasteiger partial charge in [0.25, 0.3) is 7.82 Å². The fourth-order valence-electron chi connectivity index (χ4n) is 11.4. The van der Waals surface area contributed by atoms with Crippen LogP contribution in [0.4, 0.5) is 0 Å². The molecule has 1 amide bonds. The Labute approximate surface area is 542 Å². The summed E-state index contributed by atoms with van der Waals surface area (Å²) in [5, 5.41) is 14.0. The van der Waals surface area contributed by atoms with E-state index < -0.39 is 20.0 Å². The number of hydrogen-bond donors (Lipinski definition) is 2. The molecule has 0 radical (unpaired) electrons. The molecule has 9 heteroatoms. The number of carbonyl (C=O) groups excluding carboxylic acids is 1. The molecule has 8 nitrogen and oxygen atoms in total. The molecular formula is C78H147N2O6P. The van der Waals surface area contributed by atoms with Crippen LogP contribution in [0.5, 0.6) is 0 Å². The first-order valence-electron chi connectivity index (χ1n) is 37.8. The molecule has 87 heavy (non-hydrogen) atoms. The highest BCUT2D eigenvalue weighted by atomic mass is 31.2. The largest absolute Gasteiger partial charge is 0.756 e. The summed E-state index contributed by atoms with van der Waals surface area (Å²) >= 11 is 0. The smallest absolute Gasteiger partial charge is 0.268 e. The number of carbonyl (C=O) groups is 1. The first kappa shape index (κ1) is 84.9. The Morgan fingerprint density at radius 1 is 0.414 bits per heavy atom. The van der Waals surface area contributed by atoms with Crippen LogP contribution in [0.3, 0.4) is 0 Å². The molecule has 0 aliphatic heterocycles. The molecule has 0 aromatic rings. The summed E-state index contributed by atoms with van der Waals surface area (Å²) in [5.74, 6) is -0.190. The number of nitrogens with one attached hydrogen (secondary N) is 1. The van der Waals surface area contributed by atoms with E-state index in [0.29, 0.717) is 17.4 Å². The summed E-state index contributed by atoms with van der Waals surface area (Å²) in [4.78, 5) is 25.7. The van der Waals surface area contributed by atoms with E-state index in [9.17, 15) is 19.4 Å².